The first-order chi connectivity index (χ1) is 7.63. The largest absolute Gasteiger partial charge is 0.303 e. The second kappa shape index (κ2) is 9.56. The van der Waals surface area contributed by atoms with Crippen LogP contribution in [0.1, 0.15) is 65.7 Å². The minimum absolute atomic E-state index is 0.0182. The highest BCUT2D eigenvalue weighted by atomic mass is 16.1. The molecule has 0 bridgehead atoms. The number of carbonyl (C=O) groups excluding carboxylic acids is 2. The SMILES string of the molecule is CCCCCCCCC(C=O)C(=O)C(C)C. The van der Waals surface area contributed by atoms with Crippen molar-refractivity contribution >= 4 is 12.1 Å². The molecule has 1 atom stereocenters. The summed E-state index contributed by atoms with van der Waals surface area (Å²) in [5.74, 6) is -0.273. The molecule has 0 heterocycles. The van der Waals surface area contributed by atoms with Crippen molar-refractivity contribution in [2.75, 3.05) is 0 Å². The van der Waals surface area contributed by atoms with Crippen LogP contribution in [0.4, 0.5) is 0 Å². The maximum Gasteiger partial charge on any atom is 0.145 e. The number of hydrogen-bond acceptors (Lipinski definition) is 2. The number of Topliss-reactive ketones (excluding diaryl/α,β-unsaturated/α-hetero) is 1. The molecular formula is C14H26O2. The van der Waals surface area contributed by atoms with Crippen molar-refractivity contribution in [2.45, 2.75) is 65.7 Å². The first-order valence-electron chi connectivity index (χ1n) is 6.62. The highest BCUT2D eigenvalue weighted by Gasteiger charge is 2.19. The molecule has 0 fully saturated rings. The standard InChI is InChI=1S/C14H26O2/c1-4-5-6-7-8-9-10-13(11-15)14(16)12(2)3/h11-13H,4-10H2,1-3H3. The summed E-state index contributed by atoms with van der Waals surface area (Å²) < 4.78 is 0. The minimum atomic E-state index is -0.355. The van der Waals surface area contributed by atoms with Gasteiger partial charge in [-0.1, -0.05) is 59.3 Å². The highest BCUT2D eigenvalue weighted by molar-refractivity contribution is 5.94. The van der Waals surface area contributed by atoms with Crippen molar-refractivity contribution in [2.24, 2.45) is 11.8 Å². The van der Waals surface area contributed by atoms with E-state index in [2.05, 4.69) is 6.92 Å². The van der Waals surface area contributed by atoms with Gasteiger partial charge >= 0.3 is 0 Å². The number of ketones is 1. The van der Waals surface area contributed by atoms with E-state index in [1.165, 1.54) is 25.7 Å². The van der Waals surface area contributed by atoms with Crippen LogP contribution in [-0.4, -0.2) is 12.1 Å². The normalized spacial score (nSPS) is 12.8. The van der Waals surface area contributed by atoms with Gasteiger partial charge in [-0.25, -0.2) is 0 Å². The van der Waals surface area contributed by atoms with Gasteiger partial charge in [0.2, 0.25) is 0 Å². The zero-order valence-electron chi connectivity index (χ0n) is 11.0. The molecule has 0 aromatic rings. The first kappa shape index (κ1) is 15.3. The lowest BCUT2D eigenvalue weighted by Crippen LogP contribution is -2.21. The summed E-state index contributed by atoms with van der Waals surface area (Å²) >= 11 is 0. The molecule has 94 valence electrons. The zero-order chi connectivity index (χ0) is 12.4. The molecule has 0 radical (unpaired) electrons. The minimum Gasteiger partial charge on any atom is -0.303 e. The summed E-state index contributed by atoms with van der Waals surface area (Å²) in [6.45, 7) is 5.92. The maximum atomic E-state index is 11.6. The van der Waals surface area contributed by atoms with Gasteiger partial charge in [-0.15, -0.1) is 0 Å². The number of unbranched alkanes of at least 4 members (excludes halogenated alkanes) is 5. The van der Waals surface area contributed by atoms with E-state index >= 15 is 0 Å². The van der Waals surface area contributed by atoms with E-state index in [-0.39, 0.29) is 17.6 Å². The van der Waals surface area contributed by atoms with Crippen molar-refractivity contribution < 1.29 is 9.59 Å². The smallest absolute Gasteiger partial charge is 0.145 e. The van der Waals surface area contributed by atoms with Crippen LogP contribution in [-0.2, 0) is 9.59 Å². The predicted molar refractivity (Wildman–Crippen MR) is 67.4 cm³/mol. The van der Waals surface area contributed by atoms with E-state index in [9.17, 15) is 9.59 Å². The Hall–Kier alpha value is -0.660. The quantitative estimate of drug-likeness (QED) is 0.323. The molecule has 2 nitrogen and oxygen atoms in total. The molecule has 1 unspecified atom stereocenters. The van der Waals surface area contributed by atoms with Crippen LogP contribution in [0.2, 0.25) is 0 Å². The van der Waals surface area contributed by atoms with Crippen LogP contribution >= 0.6 is 0 Å². The molecule has 0 aromatic heterocycles. The fourth-order valence-electron chi connectivity index (χ4n) is 1.85. The van der Waals surface area contributed by atoms with E-state index in [0.29, 0.717) is 0 Å². The Morgan fingerprint density at radius 1 is 1.06 bits per heavy atom. The Bertz CT molecular complexity index is 197. The van der Waals surface area contributed by atoms with E-state index in [0.717, 1.165) is 25.5 Å². The van der Waals surface area contributed by atoms with Crippen LogP contribution in [0.25, 0.3) is 0 Å². The fraction of sp³-hybridized carbons (Fsp3) is 0.857. The molecule has 0 aromatic carbocycles. The van der Waals surface area contributed by atoms with Gasteiger partial charge in [0.25, 0.3) is 0 Å². The average Bonchev–Trinajstić information content (AvgIpc) is 2.27. The summed E-state index contributed by atoms with van der Waals surface area (Å²) in [4.78, 5) is 22.4. The van der Waals surface area contributed by atoms with Crippen LogP contribution in [0.5, 0.6) is 0 Å². The molecular weight excluding hydrogens is 200 g/mol. The summed E-state index contributed by atoms with van der Waals surface area (Å²) in [5.41, 5.74) is 0. The summed E-state index contributed by atoms with van der Waals surface area (Å²) in [5, 5.41) is 0. The third-order valence-corrected chi connectivity index (χ3v) is 2.97. The molecule has 16 heavy (non-hydrogen) atoms. The van der Waals surface area contributed by atoms with Crippen molar-refractivity contribution in [3.8, 4) is 0 Å². The molecule has 2 heteroatoms. The summed E-state index contributed by atoms with van der Waals surface area (Å²) in [6, 6.07) is 0. The maximum absolute atomic E-state index is 11.6. The van der Waals surface area contributed by atoms with Gasteiger partial charge in [-0.3, -0.25) is 4.79 Å². The molecule has 0 saturated carbocycles. The lowest BCUT2D eigenvalue weighted by molar-refractivity contribution is -0.130. The molecule has 0 aliphatic heterocycles. The monoisotopic (exact) mass is 226 g/mol. The van der Waals surface area contributed by atoms with Crippen LogP contribution in [0.3, 0.4) is 0 Å². The molecule has 0 N–H and O–H groups in total. The Kier molecular flexibility index (Phi) is 9.16. The Morgan fingerprint density at radius 3 is 2.12 bits per heavy atom. The lowest BCUT2D eigenvalue weighted by Gasteiger charge is -2.11. The Labute approximate surface area is 99.8 Å². The topological polar surface area (TPSA) is 34.1 Å². The second-order valence-electron chi connectivity index (χ2n) is 4.86. The van der Waals surface area contributed by atoms with E-state index < -0.39 is 0 Å². The molecule has 0 amide bonds. The number of rotatable bonds is 10. The predicted octanol–water partition coefficient (Wildman–Crippen LogP) is 3.78. The van der Waals surface area contributed by atoms with Gasteiger partial charge in [0, 0.05) is 5.92 Å². The van der Waals surface area contributed by atoms with E-state index in [1.54, 1.807) is 0 Å². The number of carbonyl (C=O) groups is 2. The average molecular weight is 226 g/mol. The van der Waals surface area contributed by atoms with Gasteiger partial charge in [-0.05, 0) is 6.42 Å². The molecule has 0 spiro atoms. The van der Waals surface area contributed by atoms with Gasteiger partial charge in [0.1, 0.15) is 12.1 Å². The van der Waals surface area contributed by atoms with Crippen LogP contribution in [0, 0.1) is 11.8 Å². The van der Waals surface area contributed by atoms with Gasteiger partial charge < -0.3 is 4.79 Å². The van der Waals surface area contributed by atoms with Crippen LogP contribution < -0.4 is 0 Å². The van der Waals surface area contributed by atoms with Crippen LogP contribution in [0.15, 0.2) is 0 Å². The van der Waals surface area contributed by atoms with Crippen molar-refractivity contribution in [3.63, 3.8) is 0 Å². The Balaban J connectivity index is 3.64. The van der Waals surface area contributed by atoms with E-state index in [4.69, 9.17) is 0 Å². The zero-order valence-corrected chi connectivity index (χ0v) is 11.0. The Morgan fingerprint density at radius 2 is 1.62 bits per heavy atom. The fourth-order valence-corrected chi connectivity index (χ4v) is 1.85. The molecule has 0 rings (SSSR count). The van der Waals surface area contributed by atoms with Crippen molar-refractivity contribution in [1.29, 1.82) is 0 Å². The van der Waals surface area contributed by atoms with E-state index in [1.807, 2.05) is 13.8 Å². The van der Waals surface area contributed by atoms with Crippen molar-refractivity contribution in [1.82, 2.24) is 0 Å². The van der Waals surface area contributed by atoms with Gasteiger partial charge in [-0.2, -0.15) is 0 Å². The van der Waals surface area contributed by atoms with Crippen molar-refractivity contribution in [3.05, 3.63) is 0 Å². The first-order valence-corrected chi connectivity index (χ1v) is 6.62. The third kappa shape index (κ3) is 6.76. The number of hydrogen-bond donors (Lipinski definition) is 0. The molecule has 0 saturated heterocycles. The van der Waals surface area contributed by atoms with Gasteiger partial charge in [0.05, 0.1) is 5.92 Å². The number of aldehydes is 1. The second-order valence-corrected chi connectivity index (χ2v) is 4.86. The molecule has 0 aliphatic rings. The molecule has 0 aliphatic carbocycles. The van der Waals surface area contributed by atoms with Gasteiger partial charge in [0.15, 0.2) is 0 Å². The highest BCUT2D eigenvalue weighted by Crippen LogP contribution is 2.14. The lowest BCUT2D eigenvalue weighted by atomic mass is 9.91. The summed E-state index contributed by atoms with van der Waals surface area (Å²) in [7, 11) is 0. The summed E-state index contributed by atoms with van der Waals surface area (Å²) in [6.07, 6.45) is 8.78. The third-order valence-electron chi connectivity index (χ3n) is 2.97.